The molecule has 0 fully saturated rings. The molecule has 62 heavy (non-hydrogen) atoms. The van der Waals surface area contributed by atoms with E-state index in [4.69, 9.17) is 18.5 Å². The van der Waals surface area contributed by atoms with E-state index in [1.54, 1.807) is 0 Å². The number of esters is 2. The number of hydrogen-bond donors (Lipinski definition) is 0. The normalized spacial score (nSPS) is 14.2. The van der Waals surface area contributed by atoms with Crippen molar-refractivity contribution in [2.24, 2.45) is 0 Å². The molecule has 0 amide bonds. The van der Waals surface area contributed by atoms with Gasteiger partial charge in [0.1, 0.15) is 19.8 Å². The summed E-state index contributed by atoms with van der Waals surface area (Å²) in [5.41, 5.74) is 0. The van der Waals surface area contributed by atoms with Gasteiger partial charge < -0.3 is 27.9 Å². The minimum absolute atomic E-state index is 0.0483. The molecule has 2 atom stereocenters. The van der Waals surface area contributed by atoms with E-state index < -0.39 is 32.5 Å². The SMILES string of the molecule is CCCCC/C=C/C/C=C/C/C=C/CCCCCCC(=O)O[C@H](COC(=O)CCC/C=C/C/C=C/C/C=C/C/C=C/CCCCCCCCC)COP(=O)([O-])OCC[N+](C)(C)C. The summed E-state index contributed by atoms with van der Waals surface area (Å²) in [6.07, 6.45) is 56.2. The van der Waals surface area contributed by atoms with Crippen LogP contribution in [-0.4, -0.2) is 70.0 Å². The van der Waals surface area contributed by atoms with E-state index in [2.05, 4.69) is 98.9 Å². The quantitative estimate of drug-likeness (QED) is 0.0196. The van der Waals surface area contributed by atoms with Crippen molar-refractivity contribution in [1.82, 2.24) is 0 Å². The van der Waals surface area contributed by atoms with Gasteiger partial charge in [-0.2, -0.15) is 0 Å². The van der Waals surface area contributed by atoms with Crippen molar-refractivity contribution >= 4 is 19.8 Å². The Bertz CT molecular complexity index is 1330. The van der Waals surface area contributed by atoms with E-state index in [1.807, 2.05) is 21.1 Å². The number of nitrogens with zero attached hydrogens (tertiary/aromatic N) is 1. The third-order valence-electron chi connectivity index (χ3n) is 9.89. The molecule has 0 aliphatic heterocycles. The van der Waals surface area contributed by atoms with Crippen molar-refractivity contribution in [2.75, 3.05) is 47.5 Å². The number of quaternary nitrogens is 1. The first-order valence-corrected chi connectivity index (χ1v) is 25.8. The number of ether oxygens (including phenoxy) is 2. The predicted octanol–water partition coefficient (Wildman–Crippen LogP) is 13.7. The monoisotopic (exact) mass is 888 g/mol. The first-order valence-electron chi connectivity index (χ1n) is 24.3. The highest BCUT2D eigenvalue weighted by atomic mass is 31.2. The first-order chi connectivity index (χ1) is 30.0. The molecule has 0 aromatic heterocycles. The number of phosphoric acid groups is 1. The van der Waals surface area contributed by atoms with Gasteiger partial charge in [-0.1, -0.05) is 163 Å². The van der Waals surface area contributed by atoms with Crippen LogP contribution in [0.4, 0.5) is 0 Å². The Labute approximate surface area is 380 Å². The average Bonchev–Trinajstić information content (AvgIpc) is 3.23. The van der Waals surface area contributed by atoms with Crippen molar-refractivity contribution in [2.45, 2.75) is 187 Å². The summed E-state index contributed by atoms with van der Waals surface area (Å²) in [6, 6.07) is 0. The minimum Gasteiger partial charge on any atom is -0.756 e. The van der Waals surface area contributed by atoms with Gasteiger partial charge in [0.2, 0.25) is 0 Å². The van der Waals surface area contributed by atoms with Gasteiger partial charge in [0.15, 0.2) is 6.10 Å². The Morgan fingerprint density at radius 3 is 1.37 bits per heavy atom. The molecule has 0 radical (unpaired) electrons. The second kappa shape index (κ2) is 43.4. The Morgan fingerprint density at radius 2 is 0.887 bits per heavy atom. The first kappa shape index (κ1) is 59.2. The maximum Gasteiger partial charge on any atom is 0.306 e. The van der Waals surface area contributed by atoms with Gasteiger partial charge in [0, 0.05) is 12.8 Å². The van der Waals surface area contributed by atoms with Crippen molar-refractivity contribution < 1.29 is 42.1 Å². The summed E-state index contributed by atoms with van der Waals surface area (Å²) in [5, 5.41) is 0. The molecule has 10 heteroatoms. The summed E-state index contributed by atoms with van der Waals surface area (Å²) in [6.45, 7) is 4.10. The molecule has 0 heterocycles. The summed E-state index contributed by atoms with van der Waals surface area (Å²) < 4.78 is 33.9. The number of phosphoric ester groups is 1. The van der Waals surface area contributed by atoms with Crippen LogP contribution in [0.2, 0.25) is 0 Å². The second-order valence-electron chi connectivity index (χ2n) is 17.1. The molecule has 0 bridgehead atoms. The molecule has 0 aliphatic carbocycles. The number of carbonyl (C=O) groups excluding carboxylic acids is 2. The van der Waals surface area contributed by atoms with E-state index >= 15 is 0 Å². The van der Waals surface area contributed by atoms with Crippen LogP contribution in [0.1, 0.15) is 181 Å². The highest BCUT2D eigenvalue weighted by Gasteiger charge is 2.21. The summed E-state index contributed by atoms with van der Waals surface area (Å²) >= 11 is 0. The molecule has 0 saturated heterocycles. The number of likely N-dealkylation sites (N-methyl/N-ethyl adjacent to an activating group) is 1. The number of rotatable bonds is 43. The van der Waals surface area contributed by atoms with E-state index in [0.717, 1.165) is 64.2 Å². The number of unbranched alkanes of at least 4 members (excludes halogenated alkanes) is 15. The lowest BCUT2D eigenvalue weighted by Crippen LogP contribution is -2.37. The summed E-state index contributed by atoms with van der Waals surface area (Å²) in [7, 11) is 1.11. The Balaban J connectivity index is 4.45. The van der Waals surface area contributed by atoms with Crippen LogP contribution in [0, 0.1) is 0 Å². The van der Waals surface area contributed by atoms with Gasteiger partial charge in [-0.3, -0.25) is 14.2 Å². The molecule has 356 valence electrons. The molecule has 0 aromatic carbocycles. The van der Waals surface area contributed by atoms with Crippen molar-refractivity contribution in [3.05, 3.63) is 85.1 Å². The van der Waals surface area contributed by atoms with Gasteiger partial charge in [0.05, 0.1) is 27.7 Å². The summed E-state index contributed by atoms with van der Waals surface area (Å²) in [5.74, 6) is -0.931. The molecular formula is C52H90NO8P. The molecule has 0 rings (SSSR count). The molecule has 0 spiro atoms. The molecule has 0 N–H and O–H groups in total. The predicted molar refractivity (Wildman–Crippen MR) is 259 cm³/mol. The standard InChI is InChI=1S/C52H90NO8P/c1-6-8-10-12-14-16-18-20-22-24-25-26-27-29-30-32-34-36-38-40-42-44-51(54)58-48-50(49-60-62(56,57)59-47-46-53(3,4)5)61-52(55)45-43-41-39-37-35-33-31-28-23-21-19-17-15-13-11-9-7-2/h15,17,21-24,26-27,30-33,36,38,50H,6-14,16,18-20,25,28-29,34-35,37,39-49H2,1-5H3/b17-15+,23-21+,24-22+,27-26+,32-30+,33-31+,38-36+/t50-/m1/s1. The maximum absolute atomic E-state index is 12.7. The lowest BCUT2D eigenvalue weighted by atomic mass is 10.1. The fourth-order valence-corrected chi connectivity index (χ4v) is 6.79. The zero-order valence-electron chi connectivity index (χ0n) is 40.0. The molecule has 0 aromatic rings. The highest BCUT2D eigenvalue weighted by molar-refractivity contribution is 7.45. The number of carbonyl (C=O) groups is 2. The summed E-state index contributed by atoms with van der Waals surface area (Å²) in [4.78, 5) is 37.6. The fourth-order valence-electron chi connectivity index (χ4n) is 6.06. The van der Waals surface area contributed by atoms with Crippen molar-refractivity contribution in [3.63, 3.8) is 0 Å². The Kier molecular flexibility index (Phi) is 41.5. The van der Waals surface area contributed by atoms with Crippen molar-refractivity contribution in [3.8, 4) is 0 Å². The zero-order valence-corrected chi connectivity index (χ0v) is 40.9. The van der Waals surface area contributed by atoms with E-state index in [1.165, 1.54) is 77.0 Å². The lowest BCUT2D eigenvalue weighted by Gasteiger charge is -2.28. The maximum atomic E-state index is 12.7. The Morgan fingerprint density at radius 1 is 0.500 bits per heavy atom. The largest absolute Gasteiger partial charge is 0.756 e. The second-order valence-corrected chi connectivity index (χ2v) is 18.5. The number of allylic oxidation sites excluding steroid dienone is 14. The molecular weight excluding hydrogens is 798 g/mol. The highest BCUT2D eigenvalue weighted by Crippen LogP contribution is 2.38. The van der Waals surface area contributed by atoms with Crippen LogP contribution < -0.4 is 4.89 Å². The third kappa shape index (κ3) is 46.7. The third-order valence-corrected chi connectivity index (χ3v) is 10.9. The van der Waals surface area contributed by atoms with Crippen molar-refractivity contribution in [1.29, 1.82) is 0 Å². The van der Waals surface area contributed by atoms with Crippen LogP contribution in [0.15, 0.2) is 85.1 Å². The van der Waals surface area contributed by atoms with E-state index in [-0.39, 0.29) is 26.1 Å². The van der Waals surface area contributed by atoms with Crippen LogP contribution in [0.25, 0.3) is 0 Å². The average molecular weight is 888 g/mol. The molecule has 1 unspecified atom stereocenters. The lowest BCUT2D eigenvalue weighted by molar-refractivity contribution is -0.870. The van der Waals surface area contributed by atoms with E-state index in [9.17, 15) is 19.0 Å². The van der Waals surface area contributed by atoms with Gasteiger partial charge in [-0.15, -0.1) is 0 Å². The zero-order chi connectivity index (χ0) is 45.7. The molecule has 9 nitrogen and oxygen atoms in total. The smallest absolute Gasteiger partial charge is 0.306 e. The van der Waals surface area contributed by atoms with Crippen LogP contribution >= 0.6 is 7.82 Å². The van der Waals surface area contributed by atoms with Gasteiger partial charge >= 0.3 is 11.9 Å². The fraction of sp³-hybridized carbons (Fsp3) is 0.692. The minimum atomic E-state index is -4.65. The van der Waals surface area contributed by atoms with Gasteiger partial charge in [-0.25, -0.2) is 0 Å². The Hall–Kier alpha value is -2.81. The van der Waals surface area contributed by atoms with E-state index in [0.29, 0.717) is 23.9 Å². The number of hydrogen-bond acceptors (Lipinski definition) is 8. The van der Waals surface area contributed by atoms with Crippen LogP contribution in [0.5, 0.6) is 0 Å². The topological polar surface area (TPSA) is 111 Å². The molecule has 0 saturated carbocycles. The van der Waals surface area contributed by atoms with Gasteiger partial charge in [0.25, 0.3) is 7.82 Å². The van der Waals surface area contributed by atoms with Gasteiger partial charge in [-0.05, 0) is 89.9 Å². The van der Waals surface area contributed by atoms with Crippen LogP contribution in [-0.2, 0) is 32.7 Å². The van der Waals surface area contributed by atoms with Crippen LogP contribution in [0.3, 0.4) is 0 Å². The molecule has 0 aliphatic rings.